The van der Waals surface area contributed by atoms with E-state index >= 15 is 0 Å². The lowest BCUT2D eigenvalue weighted by Crippen LogP contribution is -2.46. The molecule has 6 heteroatoms. The lowest BCUT2D eigenvalue weighted by Gasteiger charge is -2.36. The molecule has 2 fully saturated rings. The van der Waals surface area contributed by atoms with Crippen LogP contribution in [0.25, 0.3) is 0 Å². The third kappa shape index (κ3) is 3.27. The summed E-state index contributed by atoms with van der Waals surface area (Å²) in [6.45, 7) is 3.22. The fourth-order valence-electron chi connectivity index (χ4n) is 3.73. The number of carbonyl (C=O) groups excluding carboxylic acids is 2. The summed E-state index contributed by atoms with van der Waals surface area (Å²) in [5.74, 6) is -0.876. The van der Waals surface area contributed by atoms with Crippen molar-refractivity contribution in [2.24, 2.45) is 5.92 Å². The molecule has 0 saturated carbocycles. The molecule has 2 saturated heterocycles. The molecule has 130 valence electrons. The topological polar surface area (TPSA) is 40.6 Å². The molecule has 24 heavy (non-hydrogen) atoms. The van der Waals surface area contributed by atoms with Gasteiger partial charge in [0.25, 0.3) is 0 Å². The van der Waals surface area contributed by atoms with E-state index in [1.54, 1.807) is 4.90 Å². The Labute approximate surface area is 146 Å². The predicted molar refractivity (Wildman–Crippen MR) is 91.5 cm³/mol. The first-order valence-corrected chi connectivity index (χ1v) is 8.95. The minimum absolute atomic E-state index is 0.0165. The molecule has 2 atom stereocenters. The Morgan fingerprint density at radius 3 is 2.88 bits per heavy atom. The van der Waals surface area contributed by atoms with Gasteiger partial charge in [-0.2, -0.15) is 0 Å². The van der Waals surface area contributed by atoms with Crippen molar-refractivity contribution < 1.29 is 14.0 Å². The maximum atomic E-state index is 13.3. The zero-order valence-corrected chi connectivity index (χ0v) is 14.6. The van der Waals surface area contributed by atoms with Gasteiger partial charge in [0.1, 0.15) is 5.82 Å². The van der Waals surface area contributed by atoms with E-state index in [-0.39, 0.29) is 35.2 Å². The molecule has 2 aliphatic rings. The minimum atomic E-state index is -0.515. The molecule has 4 nitrogen and oxygen atoms in total. The highest BCUT2D eigenvalue weighted by Crippen LogP contribution is 2.31. The van der Waals surface area contributed by atoms with Crippen molar-refractivity contribution in [2.45, 2.75) is 45.1 Å². The van der Waals surface area contributed by atoms with E-state index in [1.807, 2.05) is 4.90 Å². The average Bonchev–Trinajstić information content (AvgIpc) is 2.98. The van der Waals surface area contributed by atoms with Crippen LogP contribution in [-0.2, 0) is 9.59 Å². The highest BCUT2D eigenvalue weighted by molar-refractivity contribution is 6.31. The van der Waals surface area contributed by atoms with Crippen LogP contribution in [0.5, 0.6) is 0 Å². The summed E-state index contributed by atoms with van der Waals surface area (Å²) in [5, 5.41) is -0.0165. The van der Waals surface area contributed by atoms with Crippen LogP contribution in [0.1, 0.15) is 39.0 Å². The Balaban J connectivity index is 1.74. The first-order chi connectivity index (χ1) is 11.5. The van der Waals surface area contributed by atoms with Gasteiger partial charge in [-0.3, -0.25) is 9.59 Å². The van der Waals surface area contributed by atoms with E-state index in [9.17, 15) is 14.0 Å². The molecule has 0 bridgehead atoms. The molecular weight excluding hydrogens is 331 g/mol. The summed E-state index contributed by atoms with van der Waals surface area (Å²) < 4.78 is 13.3. The van der Waals surface area contributed by atoms with Crippen LogP contribution in [0.4, 0.5) is 10.1 Å². The second-order valence-corrected chi connectivity index (χ2v) is 7.00. The molecule has 0 N–H and O–H groups in total. The van der Waals surface area contributed by atoms with Crippen LogP contribution in [0.15, 0.2) is 18.2 Å². The molecule has 0 radical (unpaired) electrons. The summed E-state index contributed by atoms with van der Waals surface area (Å²) >= 11 is 5.81. The van der Waals surface area contributed by atoms with Crippen molar-refractivity contribution in [3.8, 4) is 0 Å². The Morgan fingerprint density at radius 2 is 2.17 bits per heavy atom. The van der Waals surface area contributed by atoms with Crippen LogP contribution in [-0.4, -0.2) is 35.8 Å². The summed E-state index contributed by atoms with van der Waals surface area (Å²) in [6, 6.07) is 4.51. The average molecular weight is 353 g/mol. The van der Waals surface area contributed by atoms with E-state index in [0.717, 1.165) is 32.2 Å². The number of benzene rings is 1. The van der Waals surface area contributed by atoms with Crippen molar-refractivity contribution >= 4 is 29.1 Å². The number of piperidine rings is 1. The maximum absolute atomic E-state index is 13.3. The maximum Gasteiger partial charge on any atom is 0.228 e. The first-order valence-electron chi connectivity index (χ1n) is 8.57. The lowest BCUT2D eigenvalue weighted by atomic mass is 9.97. The lowest BCUT2D eigenvalue weighted by molar-refractivity contribution is -0.139. The Morgan fingerprint density at radius 1 is 1.38 bits per heavy atom. The molecule has 2 amide bonds. The molecule has 0 aromatic heterocycles. The van der Waals surface area contributed by atoms with Crippen LogP contribution < -0.4 is 4.90 Å². The van der Waals surface area contributed by atoms with E-state index in [0.29, 0.717) is 12.2 Å². The molecule has 0 aliphatic carbocycles. The number of rotatable bonds is 3. The van der Waals surface area contributed by atoms with Gasteiger partial charge in [-0.05, 0) is 43.9 Å². The highest BCUT2D eigenvalue weighted by atomic mass is 35.5. The third-order valence-electron chi connectivity index (χ3n) is 5.07. The molecule has 1 aromatic rings. The minimum Gasteiger partial charge on any atom is -0.339 e. The van der Waals surface area contributed by atoms with E-state index in [1.165, 1.54) is 18.2 Å². The second-order valence-electron chi connectivity index (χ2n) is 6.59. The smallest absolute Gasteiger partial charge is 0.228 e. The quantitative estimate of drug-likeness (QED) is 0.833. The normalized spacial score (nSPS) is 24.5. The molecular formula is C18H22ClFN2O2. The SMILES string of the molecule is CCC1CCCCN1C(=O)C1CC(=O)N(c2ccc(F)c(Cl)c2)C1. The Hall–Kier alpha value is -1.62. The number of carbonyl (C=O) groups is 2. The van der Waals surface area contributed by atoms with Crippen molar-refractivity contribution in [3.63, 3.8) is 0 Å². The highest BCUT2D eigenvalue weighted by Gasteiger charge is 2.39. The van der Waals surface area contributed by atoms with Gasteiger partial charge >= 0.3 is 0 Å². The zero-order chi connectivity index (χ0) is 17.3. The number of hydrogen-bond donors (Lipinski definition) is 0. The van der Waals surface area contributed by atoms with Crippen LogP contribution in [0, 0.1) is 11.7 Å². The Bertz CT molecular complexity index is 652. The molecule has 2 aliphatic heterocycles. The predicted octanol–water partition coefficient (Wildman–Crippen LogP) is 3.62. The van der Waals surface area contributed by atoms with Crippen molar-refractivity contribution in [2.75, 3.05) is 18.0 Å². The number of nitrogens with zero attached hydrogens (tertiary/aromatic N) is 2. The summed E-state index contributed by atoms with van der Waals surface area (Å²) in [5.41, 5.74) is 0.549. The standard InChI is InChI=1S/C18H22ClFN2O2/c1-2-13-5-3-4-8-21(13)18(24)12-9-17(23)22(11-12)14-6-7-16(20)15(19)10-14/h6-7,10,12-13H,2-5,8-9,11H2,1H3. The number of anilines is 1. The largest absolute Gasteiger partial charge is 0.339 e. The molecule has 0 spiro atoms. The monoisotopic (exact) mass is 352 g/mol. The first kappa shape index (κ1) is 17.2. The van der Waals surface area contributed by atoms with Crippen molar-refractivity contribution in [1.82, 2.24) is 4.90 Å². The molecule has 3 rings (SSSR count). The van der Waals surface area contributed by atoms with Gasteiger partial charge in [0, 0.05) is 31.2 Å². The number of hydrogen-bond acceptors (Lipinski definition) is 2. The summed E-state index contributed by atoms with van der Waals surface area (Å²) in [4.78, 5) is 28.7. The second kappa shape index (κ2) is 7.09. The number of halogens is 2. The van der Waals surface area contributed by atoms with Gasteiger partial charge in [0.2, 0.25) is 11.8 Å². The van der Waals surface area contributed by atoms with Gasteiger partial charge in [-0.25, -0.2) is 4.39 Å². The van der Waals surface area contributed by atoms with Gasteiger partial charge < -0.3 is 9.80 Å². The van der Waals surface area contributed by atoms with E-state index < -0.39 is 5.82 Å². The van der Waals surface area contributed by atoms with Crippen molar-refractivity contribution in [3.05, 3.63) is 29.0 Å². The van der Waals surface area contributed by atoms with E-state index in [2.05, 4.69) is 6.92 Å². The van der Waals surface area contributed by atoms with Crippen LogP contribution in [0.2, 0.25) is 5.02 Å². The van der Waals surface area contributed by atoms with Crippen molar-refractivity contribution in [1.29, 1.82) is 0 Å². The third-order valence-corrected chi connectivity index (χ3v) is 5.36. The van der Waals surface area contributed by atoms with Gasteiger partial charge in [0.15, 0.2) is 0 Å². The number of amides is 2. The summed E-state index contributed by atoms with van der Waals surface area (Å²) in [7, 11) is 0. The fourth-order valence-corrected chi connectivity index (χ4v) is 3.90. The van der Waals surface area contributed by atoms with Gasteiger partial charge in [0.05, 0.1) is 10.9 Å². The molecule has 1 aromatic carbocycles. The van der Waals surface area contributed by atoms with Crippen LogP contribution >= 0.6 is 11.6 Å². The molecule has 2 heterocycles. The molecule has 2 unspecified atom stereocenters. The van der Waals surface area contributed by atoms with Gasteiger partial charge in [-0.15, -0.1) is 0 Å². The van der Waals surface area contributed by atoms with E-state index in [4.69, 9.17) is 11.6 Å². The fraction of sp³-hybridized carbons (Fsp3) is 0.556. The Kier molecular flexibility index (Phi) is 5.09. The zero-order valence-electron chi connectivity index (χ0n) is 13.8. The number of likely N-dealkylation sites (tertiary alicyclic amines) is 1. The van der Waals surface area contributed by atoms with Gasteiger partial charge in [-0.1, -0.05) is 18.5 Å². The van der Waals surface area contributed by atoms with Crippen LogP contribution in [0.3, 0.4) is 0 Å². The summed E-state index contributed by atoms with van der Waals surface area (Å²) in [6.07, 6.45) is 4.39.